The normalized spacial score (nSPS) is 24.5. The van der Waals surface area contributed by atoms with Crippen LogP contribution in [0.4, 0.5) is 0 Å². The monoisotopic (exact) mass is 233 g/mol. The molecule has 1 aromatic rings. The van der Waals surface area contributed by atoms with E-state index in [4.69, 9.17) is 0 Å². The summed E-state index contributed by atoms with van der Waals surface area (Å²) in [5.41, 5.74) is 1.26. The second-order valence-electron chi connectivity index (χ2n) is 4.39. The fourth-order valence-corrected chi connectivity index (χ4v) is 2.27. The minimum atomic E-state index is -1.04. The summed E-state index contributed by atoms with van der Waals surface area (Å²) in [6, 6.07) is 10.8. The van der Waals surface area contributed by atoms with E-state index in [0.717, 1.165) is 19.4 Å². The summed E-state index contributed by atoms with van der Waals surface area (Å²) >= 11 is 0. The average molecular weight is 233 g/mol. The summed E-state index contributed by atoms with van der Waals surface area (Å²) in [6.45, 7) is 0.844. The number of carbonyl (C=O) groups excluding carboxylic acids is 1. The van der Waals surface area contributed by atoms with Crippen LogP contribution < -0.4 is 15.7 Å². The van der Waals surface area contributed by atoms with Crippen LogP contribution in [0.15, 0.2) is 30.3 Å². The van der Waals surface area contributed by atoms with Gasteiger partial charge in [-0.3, -0.25) is 0 Å². The highest BCUT2D eigenvalue weighted by Crippen LogP contribution is 2.22. The van der Waals surface area contributed by atoms with E-state index in [0.29, 0.717) is 6.04 Å². The predicted octanol–water partition coefficient (Wildman–Crippen LogP) is -0.181. The zero-order valence-corrected chi connectivity index (χ0v) is 9.69. The largest absolute Gasteiger partial charge is 0.549 e. The summed E-state index contributed by atoms with van der Waals surface area (Å²) in [5.74, 6) is -1.04. The number of carboxylic acid groups (broad SMARTS) is 1. The molecule has 0 spiro atoms. The van der Waals surface area contributed by atoms with Crippen LogP contribution in [0.5, 0.6) is 0 Å². The molecule has 1 saturated heterocycles. The first kappa shape index (κ1) is 12.1. The standard InChI is InChI=1S/C13H18N2O2/c16-13(17)9-15-11-6-7-14-12(8-11)10-4-2-1-3-5-10/h1-5,11-12,14-15H,6-9H2,(H,16,17)/p-1/t11-,12+/m1/s1. The Bertz CT molecular complexity index is 367. The minimum Gasteiger partial charge on any atom is -0.549 e. The van der Waals surface area contributed by atoms with Gasteiger partial charge in [0.05, 0.1) is 5.97 Å². The van der Waals surface area contributed by atoms with Gasteiger partial charge < -0.3 is 20.5 Å². The zero-order chi connectivity index (χ0) is 12.1. The molecule has 1 aliphatic rings. The van der Waals surface area contributed by atoms with Gasteiger partial charge in [-0.25, -0.2) is 0 Å². The number of benzene rings is 1. The lowest BCUT2D eigenvalue weighted by molar-refractivity contribution is -0.304. The quantitative estimate of drug-likeness (QED) is 0.757. The molecule has 17 heavy (non-hydrogen) atoms. The van der Waals surface area contributed by atoms with Crippen LogP contribution in [-0.4, -0.2) is 25.1 Å². The van der Waals surface area contributed by atoms with E-state index in [1.165, 1.54) is 5.56 Å². The van der Waals surface area contributed by atoms with Gasteiger partial charge in [0.1, 0.15) is 0 Å². The third-order valence-corrected chi connectivity index (χ3v) is 3.14. The highest BCUT2D eigenvalue weighted by atomic mass is 16.4. The zero-order valence-electron chi connectivity index (χ0n) is 9.69. The Balaban J connectivity index is 1.91. The molecule has 0 aromatic heterocycles. The number of aliphatic carboxylic acids is 1. The van der Waals surface area contributed by atoms with Gasteiger partial charge in [0.15, 0.2) is 0 Å². The van der Waals surface area contributed by atoms with Crippen molar-refractivity contribution in [3.63, 3.8) is 0 Å². The van der Waals surface area contributed by atoms with Crippen LogP contribution in [0.1, 0.15) is 24.4 Å². The van der Waals surface area contributed by atoms with E-state index in [9.17, 15) is 9.90 Å². The molecule has 1 aliphatic heterocycles. The van der Waals surface area contributed by atoms with E-state index in [1.54, 1.807) is 0 Å². The van der Waals surface area contributed by atoms with E-state index in [1.807, 2.05) is 18.2 Å². The highest BCUT2D eigenvalue weighted by molar-refractivity contribution is 5.66. The maximum Gasteiger partial charge on any atom is 0.0552 e. The van der Waals surface area contributed by atoms with Gasteiger partial charge in [-0.05, 0) is 24.9 Å². The second-order valence-corrected chi connectivity index (χ2v) is 4.39. The van der Waals surface area contributed by atoms with E-state index < -0.39 is 5.97 Å². The molecule has 4 nitrogen and oxygen atoms in total. The Morgan fingerprint density at radius 2 is 2.18 bits per heavy atom. The van der Waals surface area contributed by atoms with Crippen molar-refractivity contribution in [2.24, 2.45) is 0 Å². The van der Waals surface area contributed by atoms with Crippen molar-refractivity contribution in [1.29, 1.82) is 0 Å². The number of rotatable bonds is 4. The van der Waals surface area contributed by atoms with Gasteiger partial charge in [-0.15, -0.1) is 0 Å². The highest BCUT2D eigenvalue weighted by Gasteiger charge is 2.21. The Labute approximate surface area is 101 Å². The average Bonchev–Trinajstić information content (AvgIpc) is 2.38. The van der Waals surface area contributed by atoms with Crippen LogP contribution in [0.25, 0.3) is 0 Å². The van der Waals surface area contributed by atoms with Crippen molar-refractivity contribution in [1.82, 2.24) is 10.6 Å². The second kappa shape index (κ2) is 5.80. The third-order valence-electron chi connectivity index (χ3n) is 3.14. The molecule has 2 N–H and O–H groups in total. The lowest BCUT2D eigenvalue weighted by Crippen LogP contribution is -2.45. The molecule has 2 rings (SSSR count). The topological polar surface area (TPSA) is 64.2 Å². The first-order valence-corrected chi connectivity index (χ1v) is 5.97. The predicted molar refractivity (Wildman–Crippen MR) is 63.2 cm³/mol. The van der Waals surface area contributed by atoms with E-state index >= 15 is 0 Å². The van der Waals surface area contributed by atoms with Gasteiger partial charge in [0, 0.05) is 18.6 Å². The van der Waals surface area contributed by atoms with Crippen LogP contribution in [0.2, 0.25) is 0 Å². The molecule has 0 aliphatic carbocycles. The van der Waals surface area contributed by atoms with E-state index in [-0.39, 0.29) is 12.6 Å². The Morgan fingerprint density at radius 1 is 1.41 bits per heavy atom. The number of hydrogen-bond acceptors (Lipinski definition) is 4. The molecule has 1 fully saturated rings. The first-order chi connectivity index (χ1) is 8.25. The molecule has 92 valence electrons. The molecule has 1 heterocycles. The SMILES string of the molecule is O=C([O-])CN[C@@H]1CCN[C@H](c2ccccc2)C1. The van der Waals surface area contributed by atoms with Crippen LogP contribution in [0.3, 0.4) is 0 Å². The number of hydrogen-bond donors (Lipinski definition) is 2. The summed E-state index contributed by atoms with van der Waals surface area (Å²) in [7, 11) is 0. The van der Waals surface area contributed by atoms with Crippen LogP contribution >= 0.6 is 0 Å². The van der Waals surface area contributed by atoms with Gasteiger partial charge in [-0.2, -0.15) is 0 Å². The van der Waals surface area contributed by atoms with Crippen molar-refractivity contribution >= 4 is 5.97 Å². The summed E-state index contributed by atoms with van der Waals surface area (Å²) < 4.78 is 0. The van der Waals surface area contributed by atoms with Gasteiger partial charge >= 0.3 is 0 Å². The van der Waals surface area contributed by atoms with Gasteiger partial charge in [0.25, 0.3) is 0 Å². The Kier molecular flexibility index (Phi) is 4.12. The Hall–Kier alpha value is -1.39. The number of carbonyl (C=O) groups is 1. The fraction of sp³-hybridized carbons (Fsp3) is 0.462. The molecule has 0 bridgehead atoms. The summed E-state index contributed by atoms with van der Waals surface area (Å²) in [5, 5.41) is 16.9. The van der Waals surface area contributed by atoms with Crippen LogP contribution in [0, 0.1) is 0 Å². The van der Waals surface area contributed by atoms with Crippen molar-refractivity contribution < 1.29 is 9.90 Å². The van der Waals surface area contributed by atoms with Crippen LogP contribution in [-0.2, 0) is 4.79 Å². The lowest BCUT2D eigenvalue weighted by atomic mass is 9.94. The smallest absolute Gasteiger partial charge is 0.0552 e. The molecule has 0 unspecified atom stereocenters. The molecule has 0 saturated carbocycles. The molecule has 0 radical (unpaired) electrons. The molecular weight excluding hydrogens is 216 g/mol. The summed E-state index contributed by atoms with van der Waals surface area (Å²) in [6.07, 6.45) is 1.87. The first-order valence-electron chi connectivity index (χ1n) is 5.97. The van der Waals surface area contributed by atoms with E-state index in [2.05, 4.69) is 22.8 Å². The third kappa shape index (κ3) is 3.54. The molecule has 1 aromatic carbocycles. The fourth-order valence-electron chi connectivity index (χ4n) is 2.27. The Morgan fingerprint density at radius 3 is 2.88 bits per heavy atom. The molecular formula is C13H17N2O2-. The number of nitrogens with one attached hydrogen (secondary N) is 2. The van der Waals surface area contributed by atoms with Gasteiger partial charge in [0.2, 0.25) is 0 Å². The molecule has 0 amide bonds. The minimum absolute atomic E-state index is 0.0633. The number of piperidine rings is 1. The molecule has 2 atom stereocenters. The van der Waals surface area contributed by atoms with Crippen molar-refractivity contribution in [2.45, 2.75) is 24.9 Å². The van der Waals surface area contributed by atoms with Crippen molar-refractivity contribution in [3.05, 3.63) is 35.9 Å². The van der Waals surface area contributed by atoms with Gasteiger partial charge in [-0.1, -0.05) is 30.3 Å². The van der Waals surface area contributed by atoms with Crippen molar-refractivity contribution in [2.75, 3.05) is 13.1 Å². The molecule has 4 heteroatoms. The maximum absolute atomic E-state index is 10.4. The number of carboxylic acids is 1. The lowest BCUT2D eigenvalue weighted by Gasteiger charge is -2.31. The van der Waals surface area contributed by atoms with Crippen molar-refractivity contribution in [3.8, 4) is 0 Å². The maximum atomic E-state index is 10.4. The summed E-state index contributed by atoms with van der Waals surface area (Å²) in [4.78, 5) is 10.4.